The maximum Gasteiger partial charge on any atom is 0.264 e. The Morgan fingerprint density at radius 1 is 0.741 bits per heavy atom. The molecule has 1 aromatic heterocycles. The number of hydrogen-bond acceptors (Lipinski definition) is 6. The molecule has 0 atom stereocenters. The molecule has 3 rings (SSSR count). The average molecular weight is 408 g/mol. The maximum atomic E-state index is 13.7. The van der Waals surface area contributed by atoms with Crippen LogP contribution < -0.4 is 9.44 Å². The summed E-state index contributed by atoms with van der Waals surface area (Å²) in [5.41, 5.74) is 0.0770. The number of aromatic nitrogens is 2. The Morgan fingerprint density at radius 3 is 2.00 bits per heavy atom. The van der Waals surface area contributed by atoms with Crippen molar-refractivity contribution in [3.63, 3.8) is 0 Å². The van der Waals surface area contributed by atoms with Gasteiger partial charge in [0.25, 0.3) is 20.0 Å². The van der Waals surface area contributed by atoms with Gasteiger partial charge in [-0.1, -0.05) is 12.1 Å². The van der Waals surface area contributed by atoms with Gasteiger partial charge in [-0.2, -0.15) is 0 Å². The van der Waals surface area contributed by atoms with Crippen molar-refractivity contribution in [3.8, 4) is 0 Å². The Labute approximate surface area is 155 Å². The predicted molar refractivity (Wildman–Crippen MR) is 96.5 cm³/mol. The number of hydrogen-bond donors (Lipinski definition) is 2. The molecule has 0 aliphatic carbocycles. The first kappa shape index (κ1) is 18.7. The van der Waals surface area contributed by atoms with Crippen LogP contribution in [-0.2, 0) is 20.0 Å². The van der Waals surface area contributed by atoms with E-state index in [2.05, 4.69) is 19.4 Å². The van der Waals surface area contributed by atoms with Gasteiger partial charge in [0.15, 0.2) is 0 Å². The van der Waals surface area contributed by atoms with Gasteiger partial charge in [0.1, 0.15) is 10.7 Å². The summed E-state index contributed by atoms with van der Waals surface area (Å²) in [7, 11) is -8.10. The Bertz CT molecular complexity index is 1150. The molecular weight excluding hydrogens is 395 g/mol. The second kappa shape index (κ2) is 7.29. The smallest absolute Gasteiger partial charge is 0.264 e. The third-order valence-electron chi connectivity index (χ3n) is 3.33. The molecule has 1 heterocycles. The molecule has 0 unspecified atom stereocenters. The Kier molecular flexibility index (Phi) is 5.06. The van der Waals surface area contributed by atoms with Gasteiger partial charge in [-0.3, -0.25) is 4.72 Å². The van der Waals surface area contributed by atoms with E-state index in [9.17, 15) is 21.2 Å². The van der Waals surface area contributed by atoms with Gasteiger partial charge < -0.3 is 0 Å². The molecule has 8 nitrogen and oxygen atoms in total. The lowest BCUT2D eigenvalue weighted by molar-refractivity contribution is 0.570. The largest absolute Gasteiger partial charge is 0.280 e. The molecule has 0 spiro atoms. The molecule has 3 aromatic rings. The number of nitrogens with zero attached hydrogens (tertiary/aromatic N) is 2. The van der Waals surface area contributed by atoms with E-state index < -0.39 is 30.8 Å². The van der Waals surface area contributed by atoms with Gasteiger partial charge in [-0.25, -0.2) is 35.9 Å². The zero-order valence-electron chi connectivity index (χ0n) is 13.6. The quantitative estimate of drug-likeness (QED) is 0.646. The molecule has 0 saturated carbocycles. The van der Waals surface area contributed by atoms with Crippen LogP contribution in [0.15, 0.2) is 76.8 Å². The van der Waals surface area contributed by atoms with Crippen molar-refractivity contribution in [1.29, 1.82) is 0 Å². The van der Waals surface area contributed by atoms with Crippen LogP contribution in [-0.4, -0.2) is 26.8 Å². The topological polar surface area (TPSA) is 118 Å². The van der Waals surface area contributed by atoms with E-state index in [1.54, 1.807) is 0 Å². The van der Waals surface area contributed by atoms with Crippen LogP contribution in [0, 0.1) is 5.82 Å². The summed E-state index contributed by atoms with van der Waals surface area (Å²) in [6.45, 7) is 0. The number of rotatable bonds is 6. The van der Waals surface area contributed by atoms with E-state index in [0.717, 1.165) is 12.1 Å². The van der Waals surface area contributed by atoms with Crippen molar-refractivity contribution in [2.75, 3.05) is 9.44 Å². The lowest BCUT2D eigenvalue weighted by Crippen LogP contribution is -2.16. The molecule has 27 heavy (non-hydrogen) atoms. The monoisotopic (exact) mass is 408 g/mol. The highest BCUT2D eigenvalue weighted by atomic mass is 32.2. The highest BCUT2D eigenvalue weighted by Gasteiger charge is 2.20. The Hall–Kier alpha value is -3.05. The molecule has 0 aliphatic heterocycles. The highest BCUT2D eigenvalue weighted by Crippen LogP contribution is 2.21. The summed E-state index contributed by atoms with van der Waals surface area (Å²) in [6, 6.07) is 11.4. The summed E-state index contributed by atoms with van der Waals surface area (Å²) < 4.78 is 67.2. The zero-order valence-corrected chi connectivity index (χ0v) is 15.2. The molecule has 0 saturated heterocycles. The van der Waals surface area contributed by atoms with Gasteiger partial charge >= 0.3 is 0 Å². The molecule has 2 aromatic carbocycles. The molecule has 0 amide bonds. The Balaban J connectivity index is 1.80. The van der Waals surface area contributed by atoms with Crippen molar-refractivity contribution in [1.82, 2.24) is 9.97 Å². The Morgan fingerprint density at radius 2 is 1.37 bits per heavy atom. The zero-order chi connectivity index (χ0) is 19.5. The van der Waals surface area contributed by atoms with Crippen molar-refractivity contribution in [3.05, 3.63) is 72.8 Å². The number of benzene rings is 2. The fourth-order valence-electron chi connectivity index (χ4n) is 2.11. The highest BCUT2D eigenvalue weighted by molar-refractivity contribution is 7.93. The fraction of sp³-hybridized carbons (Fsp3) is 0. The standard InChI is InChI=1S/C16H13FN4O4S2/c17-14-4-1-2-5-15(14)27(24,25)20-12-6-8-13(9-7-12)26(22,23)21-16-18-10-3-11-19-16/h1-11,20H,(H,18,19,21). The van der Waals surface area contributed by atoms with Gasteiger partial charge in [0.2, 0.25) is 5.95 Å². The van der Waals surface area contributed by atoms with Crippen molar-refractivity contribution in [2.45, 2.75) is 9.79 Å². The molecule has 11 heteroatoms. The fourth-order valence-corrected chi connectivity index (χ4v) is 4.20. The van der Waals surface area contributed by atoms with Gasteiger partial charge in [-0.15, -0.1) is 0 Å². The van der Waals surface area contributed by atoms with Crippen LogP contribution in [0.25, 0.3) is 0 Å². The van der Waals surface area contributed by atoms with E-state index >= 15 is 0 Å². The van der Waals surface area contributed by atoms with Crippen LogP contribution >= 0.6 is 0 Å². The predicted octanol–water partition coefficient (Wildman–Crippen LogP) is 2.22. The number of sulfonamides is 2. The minimum atomic E-state index is -4.15. The first-order valence-corrected chi connectivity index (χ1v) is 10.4. The summed E-state index contributed by atoms with van der Waals surface area (Å²) >= 11 is 0. The summed E-state index contributed by atoms with van der Waals surface area (Å²) in [5.74, 6) is -0.988. The lowest BCUT2D eigenvalue weighted by Gasteiger charge is -2.10. The third-order valence-corrected chi connectivity index (χ3v) is 6.09. The second-order valence-corrected chi connectivity index (χ2v) is 8.57. The van der Waals surface area contributed by atoms with Crippen LogP contribution in [0.4, 0.5) is 16.0 Å². The molecule has 0 fully saturated rings. The van der Waals surface area contributed by atoms with Crippen molar-refractivity contribution >= 4 is 31.7 Å². The minimum Gasteiger partial charge on any atom is -0.280 e. The SMILES string of the molecule is O=S(=O)(Nc1ncccn1)c1ccc(NS(=O)(=O)c2ccccc2F)cc1. The molecule has 0 radical (unpaired) electrons. The van der Waals surface area contributed by atoms with E-state index in [0.29, 0.717) is 0 Å². The summed E-state index contributed by atoms with van der Waals surface area (Å²) in [6.07, 6.45) is 2.76. The first-order valence-electron chi connectivity index (χ1n) is 7.45. The molecule has 0 aliphatic rings. The van der Waals surface area contributed by atoms with Gasteiger partial charge in [0.05, 0.1) is 4.90 Å². The van der Waals surface area contributed by atoms with Crippen molar-refractivity contribution < 1.29 is 21.2 Å². The van der Waals surface area contributed by atoms with Crippen LogP contribution in [0.3, 0.4) is 0 Å². The van der Waals surface area contributed by atoms with E-state index in [1.807, 2.05) is 0 Å². The van der Waals surface area contributed by atoms with Gasteiger partial charge in [0, 0.05) is 18.1 Å². The third kappa shape index (κ3) is 4.38. The van der Waals surface area contributed by atoms with E-state index in [1.165, 1.54) is 54.9 Å². The van der Waals surface area contributed by atoms with E-state index in [4.69, 9.17) is 0 Å². The minimum absolute atomic E-state index is 0.0770. The van der Waals surface area contributed by atoms with Crippen LogP contribution in [0.2, 0.25) is 0 Å². The van der Waals surface area contributed by atoms with Crippen LogP contribution in [0.5, 0.6) is 0 Å². The normalized spacial score (nSPS) is 11.7. The molecule has 140 valence electrons. The van der Waals surface area contributed by atoms with Crippen LogP contribution in [0.1, 0.15) is 0 Å². The lowest BCUT2D eigenvalue weighted by atomic mass is 10.3. The second-order valence-electron chi connectivity index (χ2n) is 5.24. The van der Waals surface area contributed by atoms with Crippen molar-refractivity contribution in [2.24, 2.45) is 0 Å². The maximum absolute atomic E-state index is 13.7. The summed E-state index contributed by atoms with van der Waals surface area (Å²) in [5, 5.41) is 0. The molecule has 2 N–H and O–H groups in total. The average Bonchev–Trinajstić information content (AvgIpc) is 2.62. The first-order chi connectivity index (χ1) is 12.8. The number of nitrogens with one attached hydrogen (secondary N) is 2. The van der Waals surface area contributed by atoms with Gasteiger partial charge in [-0.05, 0) is 42.5 Å². The molecular formula is C16H13FN4O4S2. The number of halogens is 1. The summed E-state index contributed by atoms with van der Waals surface area (Å²) in [4.78, 5) is 6.91. The molecule has 0 bridgehead atoms. The van der Waals surface area contributed by atoms with E-state index in [-0.39, 0.29) is 16.5 Å². The number of anilines is 2.